The molecular weight excluding hydrogens is 557 g/mol. The van der Waals surface area contributed by atoms with E-state index in [1.54, 1.807) is 0 Å². The molecule has 0 amide bonds. The maximum Gasteiger partial charge on any atom is 0.178 e. The highest BCUT2D eigenvalue weighted by Gasteiger charge is 2.44. The van der Waals surface area contributed by atoms with Crippen molar-refractivity contribution in [2.24, 2.45) is 0 Å². The van der Waals surface area contributed by atoms with Gasteiger partial charge in [0.1, 0.15) is 5.75 Å². The van der Waals surface area contributed by atoms with Gasteiger partial charge in [-0.3, -0.25) is 0 Å². The molecule has 5 aromatic carbocycles. The molecule has 0 radical (unpaired) electrons. The molecule has 2 heterocycles. The molecule has 0 spiro atoms. The molecule has 2 atom stereocenters. The molecule has 0 saturated carbocycles. The first-order valence-electron chi connectivity index (χ1n) is 15.8. The van der Waals surface area contributed by atoms with Crippen molar-refractivity contribution in [1.82, 2.24) is 0 Å². The Morgan fingerprint density at radius 3 is 2.20 bits per heavy atom. The third-order valence-electron chi connectivity index (χ3n) is 10.0. The highest BCUT2D eigenvalue weighted by atomic mass is 31.0. The Balaban J connectivity index is 1.34. The Morgan fingerprint density at radius 1 is 0.818 bits per heavy atom. The summed E-state index contributed by atoms with van der Waals surface area (Å²) in [5.41, 5.74) is 10.6. The van der Waals surface area contributed by atoms with E-state index in [4.69, 9.17) is 9.47 Å². The van der Waals surface area contributed by atoms with Gasteiger partial charge in [-0.15, -0.1) is 9.24 Å². The number of hydrogen-bond acceptors (Lipinski definition) is 3. The molecule has 2 aliphatic heterocycles. The minimum atomic E-state index is -0.767. The van der Waals surface area contributed by atoms with Gasteiger partial charge in [-0.05, 0) is 63.1 Å². The topological polar surface area (TPSA) is 21.7 Å². The first-order chi connectivity index (χ1) is 21.4. The highest BCUT2D eigenvalue weighted by Crippen LogP contribution is 2.58. The molecule has 0 bridgehead atoms. The maximum absolute atomic E-state index is 7.47. The van der Waals surface area contributed by atoms with E-state index in [0.717, 1.165) is 60.3 Å². The average molecular weight is 596 g/mol. The summed E-state index contributed by atoms with van der Waals surface area (Å²) in [7, 11) is 2.81. The molecule has 4 heteroatoms. The molecule has 0 N–H and O–H groups in total. The maximum atomic E-state index is 7.47. The van der Waals surface area contributed by atoms with Crippen molar-refractivity contribution >= 4 is 37.1 Å². The molecular formula is C40H38NO2P. The van der Waals surface area contributed by atoms with Crippen LogP contribution in [0.2, 0.25) is 0 Å². The lowest BCUT2D eigenvalue weighted by Gasteiger charge is -2.39. The Morgan fingerprint density at radius 2 is 1.50 bits per heavy atom. The second-order valence-electron chi connectivity index (χ2n) is 12.8. The van der Waals surface area contributed by atoms with E-state index in [2.05, 4.69) is 138 Å². The van der Waals surface area contributed by atoms with Crippen LogP contribution in [0.25, 0.3) is 28.0 Å². The molecule has 1 aliphatic carbocycles. The number of hydrogen-bond donors (Lipinski definition) is 0. The molecule has 220 valence electrons. The Hall–Kier alpha value is -3.91. The van der Waals surface area contributed by atoms with Crippen molar-refractivity contribution in [2.75, 3.05) is 31.2 Å². The normalized spacial score (nSPS) is 19.8. The van der Waals surface area contributed by atoms with Crippen LogP contribution in [0.1, 0.15) is 54.2 Å². The van der Waals surface area contributed by atoms with Crippen molar-refractivity contribution < 1.29 is 9.47 Å². The minimum absolute atomic E-state index is 0.154. The van der Waals surface area contributed by atoms with Gasteiger partial charge in [-0.2, -0.15) is 0 Å². The van der Waals surface area contributed by atoms with Crippen LogP contribution in [0, 0.1) is 0 Å². The van der Waals surface area contributed by atoms with E-state index in [9.17, 15) is 0 Å². The van der Waals surface area contributed by atoms with Gasteiger partial charge < -0.3 is 14.4 Å². The molecule has 3 nitrogen and oxygen atoms in total. The summed E-state index contributed by atoms with van der Waals surface area (Å²) in [4.78, 5) is 2.40. The van der Waals surface area contributed by atoms with Crippen LogP contribution in [0.4, 0.5) is 5.69 Å². The van der Waals surface area contributed by atoms with Crippen molar-refractivity contribution in [1.29, 1.82) is 0 Å². The number of nitrogens with zero attached hydrogens (tertiary/aromatic N) is 1. The molecule has 44 heavy (non-hydrogen) atoms. The fraction of sp³-hybridized carbons (Fsp3) is 0.250. The summed E-state index contributed by atoms with van der Waals surface area (Å²) in [6.07, 6.45) is 5.68. The number of fused-ring (bicyclic) bond motifs is 8. The number of anilines is 1. The smallest absolute Gasteiger partial charge is 0.178 e. The Bertz CT molecular complexity index is 1930. The SMILES string of the molecule is CCc1ccc2c(c1)C(C)(C)c1c3c(c4ccccc4c1-2)OC(c1ccc(P)cc1)(c1ccc(N2CCOCC2)cc1)C=C3. The van der Waals surface area contributed by atoms with Crippen molar-refractivity contribution in [3.63, 3.8) is 0 Å². The highest BCUT2D eigenvalue weighted by molar-refractivity contribution is 7.27. The number of benzene rings is 5. The third kappa shape index (κ3) is 4.10. The quantitative estimate of drug-likeness (QED) is 0.195. The number of morpholine rings is 1. The van der Waals surface area contributed by atoms with E-state index >= 15 is 0 Å². The predicted molar refractivity (Wildman–Crippen MR) is 187 cm³/mol. The van der Waals surface area contributed by atoms with E-state index < -0.39 is 5.60 Å². The first kappa shape index (κ1) is 27.6. The lowest BCUT2D eigenvalue weighted by Crippen LogP contribution is -2.37. The molecule has 2 unspecified atom stereocenters. The summed E-state index contributed by atoms with van der Waals surface area (Å²) in [5, 5.41) is 3.57. The van der Waals surface area contributed by atoms with Gasteiger partial charge >= 0.3 is 0 Å². The largest absolute Gasteiger partial charge is 0.472 e. The van der Waals surface area contributed by atoms with Gasteiger partial charge in [0, 0.05) is 46.3 Å². The van der Waals surface area contributed by atoms with Crippen LogP contribution in [0.15, 0.2) is 97.1 Å². The third-order valence-corrected chi connectivity index (χ3v) is 10.4. The summed E-state index contributed by atoms with van der Waals surface area (Å²) in [6.45, 7) is 10.4. The van der Waals surface area contributed by atoms with E-state index in [0.29, 0.717) is 0 Å². The molecule has 1 saturated heterocycles. The van der Waals surface area contributed by atoms with Gasteiger partial charge in [0.2, 0.25) is 0 Å². The van der Waals surface area contributed by atoms with Crippen molar-refractivity contribution in [3.8, 4) is 16.9 Å². The number of ether oxygens (including phenoxy) is 2. The van der Waals surface area contributed by atoms with Crippen molar-refractivity contribution in [2.45, 2.75) is 38.2 Å². The number of rotatable bonds is 4. The summed E-state index contributed by atoms with van der Waals surface area (Å²) < 4.78 is 13.1. The first-order valence-corrected chi connectivity index (χ1v) is 16.4. The summed E-state index contributed by atoms with van der Waals surface area (Å²) in [6, 6.07) is 33.6. The second-order valence-corrected chi connectivity index (χ2v) is 13.5. The van der Waals surface area contributed by atoms with Gasteiger partial charge in [-0.1, -0.05) is 106 Å². The minimum Gasteiger partial charge on any atom is -0.472 e. The van der Waals surface area contributed by atoms with Crippen LogP contribution in [0.5, 0.6) is 5.75 Å². The summed E-state index contributed by atoms with van der Waals surface area (Å²) in [5.74, 6) is 0.964. The van der Waals surface area contributed by atoms with Gasteiger partial charge in [0.05, 0.1) is 13.2 Å². The van der Waals surface area contributed by atoms with Crippen LogP contribution in [0.3, 0.4) is 0 Å². The number of aryl methyl sites for hydroxylation is 1. The average Bonchev–Trinajstić information content (AvgIpc) is 3.31. The Kier molecular flexibility index (Phi) is 6.49. The van der Waals surface area contributed by atoms with Crippen LogP contribution < -0.4 is 14.9 Å². The van der Waals surface area contributed by atoms with Gasteiger partial charge in [0.25, 0.3) is 0 Å². The standard InChI is InChI=1S/C40H38NO2P/c1-4-26-9-18-33-35(25-26)39(2,3)37-34-19-20-40(28-12-16-30(44)17-13-28,43-38(34)32-8-6-5-7-31(32)36(33)37)27-10-14-29(15-11-27)41-21-23-42-24-22-41/h5-20,25H,4,21-24,44H2,1-3H3. The lowest BCUT2D eigenvalue weighted by atomic mass is 9.76. The van der Waals surface area contributed by atoms with Crippen molar-refractivity contribution in [3.05, 3.63) is 130 Å². The van der Waals surface area contributed by atoms with Gasteiger partial charge in [0.15, 0.2) is 5.60 Å². The second kappa shape index (κ2) is 10.3. The zero-order valence-electron chi connectivity index (χ0n) is 25.7. The van der Waals surface area contributed by atoms with Crippen LogP contribution in [-0.2, 0) is 22.2 Å². The molecule has 1 fully saturated rings. The van der Waals surface area contributed by atoms with E-state index in [-0.39, 0.29) is 5.41 Å². The fourth-order valence-electron chi connectivity index (χ4n) is 7.65. The van der Waals surface area contributed by atoms with E-state index in [1.807, 2.05) is 0 Å². The zero-order valence-corrected chi connectivity index (χ0v) is 26.8. The molecule has 3 aliphatic rings. The van der Waals surface area contributed by atoms with Crippen LogP contribution in [-0.4, -0.2) is 26.3 Å². The molecule has 8 rings (SSSR count). The van der Waals surface area contributed by atoms with E-state index in [1.165, 1.54) is 44.5 Å². The molecule has 0 aromatic heterocycles. The Labute approximate surface area is 262 Å². The monoisotopic (exact) mass is 595 g/mol. The fourth-order valence-corrected chi connectivity index (χ4v) is 7.84. The van der Waals surface area contributed by atoms with Crippen LogP contribution >= 0.6 is 9.24 Å². The van der Waals surface area contributed by atoms with Gasteiger partial charge in [-0.25, -0.2) is 0 Å². The lowest BCUT2D eigenvalue weighted by molar-refractivity contribution is 0.122. The molecule has 5 aromatic rings. The predicted octanol–water partition coefficient (Wildman–Crippen LogP) is 8.39. The zero-order chi connectivity index (χ0) is 30.1. The summed E-state index contributed by atoms with van der Waals surface area (Å²) >= 11 is 0.